The summed E-state index contributed by atoms with van der Waals surface area (Å²) in [5.41, 5.74) is 2.25. The topological polar surface area (TPSA) is 45.7 Å². The molecule has 0 bridgehead atoms. The van der Waals surface area contributed by atoms with E-state index in [9.17, 15) is 4.79 Å². The summed E-state index contributed by atoms with van der Waals surface area (Å²) in [6.07, 6.45) is 3.62. The van der Waals surface area contributed by atoms with Gasteiger partial charge in [-0.15, -0.1) is 0 Å². The first-order valence-corrected chi connectivity index (χ1v) is 8.20. The number of nitrogens with zero attached hydrogens (tertiary/aromatic N) is 3. The molecular formula is C19H23N3O2. The quantitative estimate of drug-likeness (QED) is 0.843. The maximum absolute atomic E-state index is 12.7. The zero-order valence-electron chi connectivity index (χ0n) is 14.0. The van der Waals surface area contributed by atoms with Gasteiger partial charge in [-0.05, 0) is 17.2 Å². The summed E-state index contributed by atoms with van der Waals surface area (Å²) in [4.78, 5) is 20.9. The first-order chi connectivity index (χ1) is 11.7. The van der Waals surface area contributed by atoms with Crippen LogP contribution in [0.2, 0.25) is 0 Å². The van der Waals surface area contributed by atoms with Crippen molar-refractivity contribution >= 4 is 5.91 Å². The second-order valence-corrected chi connectivity index (χ2v) is 6.15. The van der Waals surface area contributed by atoms with E-state index in [1.807, 2.05) is 53.6 Å². The van der Waals surface area contributed by atoms with Crippen LogP contribution in [0.15, 0.2) is 54.9 Å². The fourth-order valence-electron chi connectivity index (χ4n) is 3.03. The molecule has 1 amide bonds. The third-order valence-electron chi connectivity index (χ3n) is 4.28. The summed E-state index contributed by atoms with van der Waals surface area (Å²) in [6, 6.07) is 14.0. The van der Waals surface area contributed by atoms with Gasteiger partial charge in [0.1, 0.15) is 0 Å². The standard InChI is InChI=1S/C19H23N3O2/c1-24-18-13-21(11-17-8-5-9-20-10-17)15-19(23)22(14-18)12-16-6-3-2-4-7-16/h2-10,18H,11-15H2,1H3. The Hall–Kier alpha value is -2.24. The summed E-state index contributed by atoms with van der Waals surface area (Å²) in [5.74, 6) is 0.141. The predicted octanol–water partition coefficient (Wildman–Crippen LogP) is 1.94. The van der Waals surface area contributed by atoms with E-state index in [0.717, 1.165) is 17.7 Å². The molecule has 2 aromatic rings. The Morgan fingerprint density at radius 1 is 1.08 bits per heavy atom. The molecule has 1 atom stereocenters. The van der Waals surface area contributed by atoms with Gasteiger partial charge in [0.15, 0.2) is 0 Å². The van der Waals surface area contributed by atoms with Crippen LogP contribution in [0.3, 0.4) is 0 Å². The van der Waals surface area contributed by atoms with Crippen molar-refractivity contribution in [3.63, 3.8) is 0 Å². The SMILES string of the molecule is COC1CN(Cc2cccnc2)CC(=O)N(Cc2ccccc2)C1. The van der Waals surface area contributed by atoms with Gasteiger partial charge in [0.25, 0.3) is 0 Å². The molecule has 1 aliphatic heterocycles. The average Bonchev–Trinajstić information content (AvgIpc) is 2.75. The molecule has 1 unspecified atom stereocenters. The minimum absolute atomic E-state index is 0.0110. The van der Waals surface area contributed by atoms with Crippen LogP contribution >= 0.6 is 0 Å². The number of carbonyl (C=O) groups is 1. The molecule has 0 radical (unpaired) electrons. The van der Waals surface area contributed by atoms with Gasteiger partial charge in [-0.1, -0.05) is 36.4 Å². The van der Waals surface area contributed by atoms with E-state index < -0.39 is 0 Å². The monoisotopic (exact) mass is 325 g/mol. The molecule has 0 spiro atoms. The Labute approximate surface area is 142 Å². The van der Waals surface area contributed by atoms with E-state index >= 15 is 0 Å². The van der Waals surface area contributed by atoms with Gasteiger partial charge in [0, 0.05) is 45.7 Å². The van der Waals surface area contributed by atoms with Crippen molar-refractivity contribution in [1.29, 1.82) is 0 Å². The molecule has 3 rings (SSSR count). The number of ether oxygens (including phenoxy) is 1. The molecule has 126 valence electrons. The molecule has 1 aromatic carbocycles. The lowest BCUT2D eigenvalue weighted by Gasteiger charge is -2.23. The molecule has 0 N–H and O–H groups in total. The number of rotatable bonds is 5. The second-order valence-electron chi connectivity index (χ2n) is 6.15. The van der Waals surface area contributed by atoms with E-state index in [1.54, 1.807) is 13.3 Å². The highest BCUT2D eigenvalue weighted by Gasteiger charge is 2.27. The van der Waals surface area contributed by atoms with Crippen LogP contribution in [0.1, 0.15) is 11.1 Å². The number of pyridine rings is 1. The highest BCUT2D eigenvalue weighted by atomic mass is 16.5. The number of benzene rings is 1. The average molecular weight is 325 g/mol. The lowest BCUT2D eigenvalue weighted by Crippen LogP contribution is -2.37. The largest absolute Gasteiger partial charge is 0.378 e. The molecule has 1 aliphatic rings. The van der Waals surface area contributed by atoms with Crippen molar-refractivity contribution in [3.05, 3.63) is 66.0 Å². The highest BCUT2D eigenvalue weighted by Crippen LogP contribution is 2.14. The normalized spacial score (nSPS) is 19.3. The van der Waals surface area contributed by atoms with Gasteiger partial charge in [-0.3, -0.25) is 14.7 Å². The van der Waals surface area contributed by atoms with Crippen LogP contribution in [0.4, 0.5) is 0 Å². The molecule has 1 aromatic heterocycles. The lowest BCUT2D eigenvalue weighted by molar-refractivity contribution is -0.132. The van der Waals surface area contributed by atoms with Gasteiger partial charge in [-0.25, -0.2) is 0 Å². The summed E-state index contributed by atoms with van der Waals surface area (Å²) in [5, 5.41) is 0. The summed E-state index contributed by atoms with van der Waals surface area (Å²) < 4.78 is 5.60. The molecule has 5 heteroatoms. The summed E-state index contributed by atoms with van der Waals surface area (Å²) >= 11 is 0. The van der Waals surface area contributed by atoms with Crippen LogP contribution < -0.4 is 0 Å². The van der Waals surface area contributed by atoms with E-state index in [4.69, 9.17) is 4.74 Å². The number of hydrogen-bond acceptors (Lipinski definition) is 4. The second kappa shape index (κ2) is 8.04. The molecular weight excluding hydrogens is 302 g/mol. The van der Waals surface area contributed by atoms with Crippen molar-refractivity contribution in [2.75, 3.05) is 26.7 Å². The van der Waals surface area contributed by atoms with Crippen molar-refractivity contribution in [3.8, 4) is 0 Å². The third kappa shape index (κ3) is 4.40. The molecule has 24 heavy (non-hydrogen) atoms. The molecule has 5 nitrogen and oxygen atoms in total. The van der Waals surface area contributed by atoms with Crippen LogP contribution in [0.25, 0.3) is 0 Å². The minimum atomic E-state index is 0.0110. The fraction of sp³-hybridized carbons (Fsp3) is 0.368. The Morgan fingerprint density at radius 3 is 2.58 bits per heavy atom. The zero-order chi connectivity index (χ0) is 16.8. The van der Waals surface area contributed by atoms with Crippen molar-refractivity contribution in [2.45, 2.75) is 19.2 Å². The smallest absolute Gasteiger partial charge is 0.237 e. The Morgan fingerprint density at radius 2 is 1.88 bits per heavy atom. The molecule has 2 heterocycles. The van der Waals surface area contributed by atoms with Crippen molar-refractivity contribution in [1.82, 2.24) is 14.8 Å². The maximum atomic E-state index is 12.7. The maximum Gasteiger partial charge on any atom is 0.237 e. The Bertz CT molecular complexity index is 648. The molecule has 1 fully saturated rings. The minimum Gasteiger partial charge on any atom is -0.378 e. The first kappa shape index (κ1) is 16.6. The predicted molar refractivity (Wildman–Crippen MR) is 92.2 cm³/mol. The van der Waals surface area contributed by atoms with Gasteiger partial charge < -0.3 is 9.64 Å². The summed E-state index contributed by atoms with van der Waals surface area (Å²) in [6.45, 7) is 3.09. The van der Waals surface area contributed by atoms with Gasteiger partial charge in [0.05, 0.1) is 12.6 Å². The van der Waals surface area contributed by atoms with Crippen LogP contribution in [0, 0.1) is 0 Å². The summed E-state index contributed by atoms with van der Waals surface area (Å²) in [7, 11) is 1.71. The van der Waals surface area contributed by atoms with Gasteiger partial charge in [-0.2, -0.15) is 0 Å². The van der Waals surface area contributed by atoms with Crippen molar-refractivity contribution < 1.29 is 9.53 Å². The van der Waals surface area contributed by atoms with Crippen LogP contribution in [-0.4, -0.2) is 53.5 Å². The number of aromatic nitrogens is 1. The number of carbonyl (C=O) groups excluding carboxylic acids is 1. The molecule has 0 aliphatic carbocycles. The molecule has 1 saturated heterocycles. The van der Waals surface area contributed by atoms with E-state index in [0.29, 0.717) is 26.2 Å². The fourth-order valence-corrected chi connectivity index (χ4v) is 3.03. The van der Waals surface area contributed by atoms with E-state index in [-0.39, 0.29) is 12.0 Å². The number of methoxy groups -OCH3 is 1. The third-order valence-corrected chi connectivity index (χ3v) is 4.28. The van der Waals surface area contributed by atoms with Crippen LogP contribution in [0.5, 0.6) is 0 Å². The van der Waals surface area contributed by atoms with Gasteiger partial charge in [0.2, 0.25) is 5.91 Å². The van der Waals surface area contributed by atoms with E-state index in [1.165, 1.54) is 0 Å². The number of amides is 1. The van der Waals surface area contributed by atoms with Crippen molar-refractivity contribution in [2.24, 2.45) is 0 Å². The number of hydrogen-bond donors (Lipinski definition) is 0. The molecule has 0 saturated carbocycles. The lowest BCUT2D eigenvalue weighted by atomic mass is 10.2. The van der Waals surface area contributed by atoms with E-state index in [2.05, 4.69) is 9.88 Å². The zero-order valence-corrected chi connectivity index (χ0v) is 14.0. The first-order valence-electron chi connectivity index (χ1n) is 8.20. The Kier molecular flexibility index (Phi) is 5.56. The Balaban J connectivity index is 1.70. The van der Waals surface area contributed by atoms with Gasteiger partial charge >= 0.3 is 0 Å². The highest BCUT2D eigenvalue weighted by molar-refractivity contribution is 5.78. The van der Waals surface area contributed by atoms with Crippen LogP contribution in [-0.2, 0) is 22.6 Å².